The largest absolute Gasteiger partial charge is 0.490 e. The first kappa shape index (κ1) is 31.1. The van der Waals surface area contributed by atoms with Gasteiger partial charge in [0.15, 0.2) is 0 Å². The fourth-order valence-electron chi connectivity index (χ4n) is 7.34. The minimum absolute atomic E-state index is 0.0952. The normalized spacial score (nSPS) is 22.6. The molecule has 2 aromatic heterocycles. The monoisotopic (exact) mass is 662 g/mol. The molecule has 0 radical (unpaired) electrons. The molecule has 252 valence electrons. The van der Waals surface area contributed by atoms with Crippen LogP contribution in [-0.2, 0) is 9.59 Å². The van der Waals surface area contributed by atoms with Gasteiger partial charge in [0.1, 0.15) is 17.9 Å². The van der Waals surface area contributed by atoms with Gasteiger partial charge >= 0.3 is 0 Å². The maximum absolute atomic E-state index is 13.1. The second kappa shape index (κ2) is 13.0. The van der Waals surface area contributed by atoms with Crippen LogP contribution < -0.4 is 20.7 Å². The summed E-state index contributed by atoms with van der Waals surface area (Å²) < 4.78 is 8.26. The maximum atomic E-state index is 13.1. The van der Waals surface area contributed by atoms with E-state index in [-0.39, 0.29) is 30.1 Å². The van der Waals surface area contributed by atoms with E-state index in [1.165, 1.54) is 0 Å². The molecule has 4 aliphatic rings. The number of hydrogen-bond acceptors (Lipinski definition) is 10. The molecule has 4 aromatic rings. The van der Waals surface area contributed by atoms with E-state index in [9.17, 15) is 19.2 Å². The first-order chi connectivity index (χ1) is 23.9. The number of aromatic nitrogens is 4. The van der Waals surface area contributed by atoms with Gasteiger partial charge in [-0.1, -0.05) is 0 Å². The van der Waals surface area contributed by atoms with Gasteiger partial charge in [0.25, 0.3) is 11.8 Å². The summed E-state index contributed by atoms with van der Waals surface area (Å²) >= 11 is 0. The van der Waals surface area contributed by atoms with Crippen LogP contribution in [0.3, 0.4) is 0 Å². The van der Waals surface area contributed by atoms with Crippen molar-refractivity contribution in [1.82, 2.24) is 35.3 Å². The van der Waals surface area contributed by atoms with Gasteiger partial charge in [-0.3, -0.25) is 39.1 Å². The maximum Gasteiger partial charge on any atom is 0.262 e. The highest BCUT2D eigenvalue weighted by Gasteiger charge is 2.44. The van der Waals surface area contributed by atoms with Crippen LogP contribution in [0.1, 0.15) is 78.1 Å². The molecule has 4 amide bonds. The third-order valence-corrected chi connectivity index (χ3v) is 10.1. The molecule has 1 unspecified atom stereocenters. The zero-order valence-electron chi connectivity index (χ0n) is 27.1. The minimum atomic E-state index is -0.966. The number of fused-ring (bicyclic) bond motifs is 2. The highest BCUT2D eigenvalue weighted by molar-refractivity contribution is 6.23. The second-order valence-corrected chi connectivity index (χ2v) is 13.4. The highest BCUT2D eigenvalue weighted by Crippen LogP contribution is 2.40. The van der Waals surface area contributed by atoms with Crippen LogP contribution in [0, 0.1) is 5.92 Å². The molecule has 3 N–H and O–H groups in total. The number of nitrogens with zero attached hydrogens (tertiary/aromatic N) is 5. The molecule has 3 aliphatic heterocycles. The SMILES string of the molecule is O=C1CCC(N2C(=O)c3ccc(NCCCC4CC(n5cc(-c6cnc7ccc(OC8CCNCC8)cc7n6)cn5)C4)cc3C2=O)C(=O)N1. The standard InChI is InChI=1S/C36H38N8O5/c45-33-8-7-32(34(46)42-33)44-35(47)27-5-3-23(16-28(27)36(44)48)38-11-1-2-21-14-24(15-21)43-20-22(18-40-43)31-19-39-29-6-4-26(17-30(29)41-31)49-25-9-12-37-13-10-25/h3-6,16-21,24-25,32,37-38H,1-2,7-15H2,(H,42,45,46). The molecule has 8 rings (SSSR count). The molecule has 2 aromatic carbocycles. The summed E-state index contributed by atoms with van der Waals surface area (Å²) in [5.41, 5.74) is 4.69. The van der Waals surface area contributed by atoms with Crippen molar-refractivity contribution in [1.29, 1.82) is 0 Å². The van der Waals surface area contributed by atoms with Crippen molar-refractivity contribution < 1.29 is 23.9 Å². The van der Waals surface area contributed by atoms with Gasteiger partial charge in [-0.15, -0.1) is 0 Å². The Balaban J connectivity index is 0.811. The Morgan fingerprint density at radius 1 is 0.918 bits per heavy atom. The molecule has 1 atom stereocenters. The summed E-state index contributed by atoms with van der Waals surface area (Å²) in [6.45, 7) is 2.69. The lowest BCUT2D eigenvalue weighted by Crippen LogP contribution is -2.54. The summed E-state index contributed by atoms with van der Waals surface area (Å²) in [7, 11) is 0. The van der Waals surface area contributed by atoms with Gasteiger partial charge in [-0.05, 0) is 94.3 Å². The van der Waals surface area contributed by atoms with Crippen molar-refractivity contribution in [2.24, 2.45) is 5.92 Å². The molecule has 3 fully saturated rings. The van der Waals surface area contributed by atoms with Gasteiger partial charge in [-0.2, -0.15) is 5.10 Å². The van der Waals surface area contributed by atoms with Crippen molar-refractivity contribution in [3.8, 4) is 17.0 Å². The fraction of sp³-hybridized carbons (Fsp3) is 0.417. The van der Waals surface area contributed by atoms with Crippen molar-refractivity contribution in [3.05, 3.63) is 66.1 Å². The Morgan fingerprint density at radius 2 is 1.76 bits per heavy atom. The number of imide groups is 2. The zero-order chi connectivity index (χ0) is 33.5. The number of amides is 4. The van der Waals surface area contributed by atoms with Crippen molar-refractivity contribution in [3.63, 3.8) is 0 Å². The Hall–Kier alpha value is -5.17. The predicted molar refractivity (Wildman–Crippen MR) is 180 cm³/mol. The molecule has 0 bridgehead atoms. The zero-order valence-corrected chi connectivity index (χ0v) is 27.1. The number of rotatable bonds is 10. The predicted octanol–water partition coefficient (Wildman–Crippen LogP) is 3.87. The minimum Gasteiger partial charge on any atom is -0.490 e. The van der Waals surface area contributed by atoms with Gasteiger partial charge in [-0.25, -0.2) is 4.98 Å². The van der Waals surface area contributed by atoms with Crippen molar-refractivity contribution >= 4 is 40.3 Å². The van der Waals surface area contributed by atoms with Crippen LogP contribution in [-0.4, -0.2) is 80.1 Å². The molecule has 1 saturated carbocycles. The summed E-state index contributed by atoms with van der Waals surface area (Å²) in [4.78, 5) is 60.4. The lowest BCUT2D eigenvalue weighted by molar-refractivity contribution is -0.136. The number of nitrogens with one attached hydrogen (secondary N) is 3. The van der Waals surface area contributed by atoms with Crippen LogP contribution in [0.4, 0.5) is 5.69 Å². The van der Waals surface area contributed by atoms with Gasteiger partial charge in [0.2, 0.25) is 11.8 Å². The topological polar surface area (TPSA) is 160 Å². The highest BCUT2D eigenvalue weighted by atomic mass is 16.5. The fourth-order valence-corrected chi connectivity index (χ4v) is 7.34. The molecular formula is C36H38N8O5. The van der Waals surface area contributed by atoms with Crippen LogP contribution in [0.2, 0.25) is 0 Å². The molecule has 49 heavy (non-hydrogen) atoms. The summed E-state index contributed by atoms with van der Waals surface area (Å²) in [5, 5.41) is 13.6. The second-order valence-electron chi connectivity index (χ2n) is 13.4. The molecular weight excluding hydrogens is 624 g/mol. The summed E-state index contributed by atoms with van der Waals surface area (Å²) in [6, 6.07) is 10.4. The van der Waals surface area contributed by atoms with E-state index in [1.54, 1.807) is 24.4 Å². The van der Waals surface area contributed by atoms with Crippen molar-refractivity contribution in [2.75, 3.05) is 25.0 Å². The molecule has 13 nitrogen and oxygen atoms in total. The number of carbonyl (C=O) groups is 4. The lowest BCUT2D eigenvalue weighted by atomic mass is 9.77. The average Bonchev–Trinajstić information content (AvgIpc) is 3.66. The van der Waals surface area contributed by atoms with Crippen molar-refractivity contribution in [2.45, 2.75) is 69.6 Å². The number of hydrogen-bond donors (Lipinski definition) is 3. The van der Waals surface area contributed by atoms with Gasteiger partial charge in [0, 0.05) is 36.5 Å². The Labute approximate surface area is 282 Å². The van der Waals surface area contributed by atoms with Gasteiger partial charge < -0.3 is 15.4 Å². The Morgan fingerprint density at radius 3 is 2.59 bits per heavy atom. The van der Waals surface area contributed by atoms with Crippen LogP contribution in [0.25, 0.3) is 22.3 Å². The van der Waals surface area contributed by atoms with Gasteiger partial charge in [0.05, 0.1) is 46.3 Å². The quantitative estimate of drug-likeness (QED) is 0.168. The van der Waals surface area contributed by atoms with E-state index in [1.807, 2.05) is 29.1 Å². The number of anilines is 1. The molecule has 2 saturated heterocycles. The number of benzene rings is 2. The summed E-state index contributed by atoms with van der Waals surface area (Å²) in [5.74, 6) is -0.560. The number of piperidine rings is 2. The van der Waals surface area contributed by atoms with Crippen LogP contribution >= 0.6 is 0 Å². The molecule has 0 spiro atoms. The molecule has 13 heteroatoms. The van der Waals surface area contributed by atoms with E-state index in [4.69, 9.17) is 9.72 Å². The van der Waals surface area contributed by atoms with Crippen LogP contribution in [0.5, 0.6) is 5.75 Å². The third-order valence-electron chi connectivity index (χ3n) is 10.1. The van der Waals surface area contributed by atoms with Crippen LogP contribution in [0.15, 0.2) is 55.0 Å². The summed E-state index contributed by atoms with van der Waals surface area (Å²) in [6.07, 6.45) is 12.3. The number of ether oxygens (including phenoxy) is 1. The van der Waals surface area contributed by atoms with E-state index in [0.29, 0.717) is 12.0 Å². The number of carbonyl (C=O) groups excluding carboxylic acids is 4. The molecule has 5 heterocycles. The average molecular weight is 663 g/mol. The van der Waals surface area contributed by atoms with E-state index >= 15 is 0 Å². The smallest absolute Gasteiger partial charge is 0.262 e. The first-order valence-corrected chi connectivity index (χ1v) is 17.2. The third kappa shape index (κ3) is 6.26. The first-order valence-electron chi connectivity index (χ1n) is 17.2. The Bertz CT molecular complexity index is 1950. The Kier molecular flexibility index (Phi) is 8.28. The van der Waals surface area contributed by atoms with E-state index < -0.39 is 29.7 Å². The lowest BCUT2D eigenvalue weighted by Gasteiger charge is -2.35. The van der Waals surface area contributed by atoms with E-state index in [0.717, 1.165) is 96.8 Å². The molecule has 1 aliphatic carbocycles. The van der Waals surface area contributed by atoms with E-state index in [2.05, 4.69) is 32.2 Å².